The molecule has 0 saturated heterocycles. The van der Waals surface area contributed by atoms with E-state index in [-0.39, 0.29) is 13.2 Å². The Kier molecular flexibility index (Phi) is 44.9. The third-order valence-corrected chi connectivity index (χ3v) is 8.30. The van der Waals surface area contributed by atoms with Crippen LogP contribution in [0.5, 0.6) is 0 Å². The maximum atomic E-state index is 7.62. The highest BCUT2D eigenvalue weighted by Gasteiger charge is 2.07. The zero-order valence-corrected chi connectivity index (χ0v) is 29.9. The molecular formula is C41H79NO2. The van der Waals surface area contributed by atoms with Crippen molar-refractivity contribution in [2.75, 3.05) is 19.8 Å². The number of aliphatic hydroxyl groups is 2. The zero-order valence-electron chi connectivity index (χ0n) is 29.9. The molecule has 0 heterocycles. The number of aliphatic hydroxyl groups excluding tert-OH is 2. The lowest BCUT2D eigenvalue weighted by atomic mass is 9.91. The molecule has 0 rings (SSSR count). The second kappa shape index (κ2) is 44.0. The van der Waals surface area contributed by atoms with Gasteiger partial charge in [-0.3, -0.25) is 0 Å². The molecule has 0 fully saturated rings. The van der Waals surface area contributed by atoms with Crippen molar-refractivity contribution in [1.82, 2.24) is 0 Å². The molecule has 3 nitrogen and oxygen atoms in total. The van der Waals surface area contributed by atoms with E-state index >= 15 is 0 Å². The second-order valence-corrected chi connectivity index (χ2v) is 12.6. The van der Waals surface area contributed by atoms with E-state index in [1.807, 2.05) is 0 Å². The summed E-state index contributed by atoms with van der Waals surface area (Å²) in [6.07, 6.45) is 55.1. The Morgan fingerprint density at radius 1 is 0.409 bits per heavy atom. The minimum atomic E-state index is -0.125. The number of hydrogen-bond acceptors (Lipinski definition) is 3. The molecule has 3 heteroatoms. The van der Waals surface area contributed by atoms with Crippen LogP contribution in [0.15, 0.2) is 48.6 Å². The van der Waals surface area contributed by atoms with Gasteiger partial charge in [0.05, 0.1) is 13.2 Å². The molecule has 0 aromatic carbocycles. The Bertz CT molecular complexity index is 560. The van der Waals surface area contributed by atoms with E-state index in [1.54, 1.807) is 0 Å². The predicted octanol–water partition coefficient (Wildman–Crippen LogP) is 12.3. The van der Waals surface area contributed by atoms with Crippen LogP contribution in [0.2, 0.25) is 0 Å². The van der Waals surface area contributed by atoms with Gasteiger partial charge in [-0.05, 0) is 83.1 Å². The van der Waals surface area contributed by atoms with Crippen molar-refractivity contribution in [3.05, 3.63) is 48.6 Å². The summed E-state index contributed by atoms with van der Waals surface area (Å²) >= 11 is 0. The van der Waals surface area contributed by atoms with Gasteiger partial charge in [-0.1, -0.05) is 165 Å². The van der Waals surface area contributed by atoms with Crippen LogP contribution in [0.4, 0.5) is 0 Å². The van der Waals surface area contributed by atoms with E-state index in [0.29, 0.717) is 0 Å². The summed E-state index contributed by atoms with van der Waals surface area (Å²) < 4.78 is 0. The number of hydrogen-bond donors (Lipinski definition) is 3. The van der Waals surface area contributed by atoms with Crippen LogP contribution < -0.4 is 5.73 Å². The van der Waals surface area contributed by atoms with Crippen molar-refractivity contribution in [2.24, 2.45) is 11.7 Å². The molecule has 0 aromatic heterocycles. The summed E-state index contributed by atoms with van der Waals surface area (Å²) in [6.45, 7) is 5.16. The van der Waals surface area contributed by atoms with Gasteiger partial charge in [0.1, 0.15) is 0 Å². The molecule has 0 spiro atoms. The highest BCUT2D eigenvalue weighted by atomic mass is 16.3. The minimum Gasteiger partial charge on any atom is -0.394 e. The smallest absolute Gasteiger partial charge is 0.0662 e. The molecule has 0 aliphatic rings. The van der Waals surface area contributed by atoms with Crippen molar-refractivity contribution < 1.29 is 10.2 Å². The first-order chi connectivity index (χ1) is 21.8. The van der Waals surface area contributed by atoms with Gasteiger partial charge in [0.2, 0.25) is 0 Å². The van der Waals surface area contributed by atoms with Gasteiger partial charge in [-0.15, -0.1) is 0 Å². The molecule has 0 aromatic rings. The van der Waals surface area contributed by atoms with E-state index < -0.39 is 0 Å². The Morgan fingerprint density at radius 3 is 1.05 bits per heavy atom. The van der Waals surface area contributed by atoms with E-state index in [4.69, 9.17) is 15.9 Å². The zero-order chi connectivity index (χ0) is 32.4. The van der Waals surface area contributed by atoms with Gasteiger partial charge >= 0.3 is 0 Å². The van der Waals surface area contributed by atoms with Crippen molar-refractivity contribution in [1.29, 1.82) is 0 Å². The molecular weight excluding hydrogens is 538 g/mol. The Labute approximate surface area is 277 Å². The fourth-order valence-electron chi connectivity index (χ4n) is 5.51. The van der Waals surface area contributed by atoms with Crippen LogP contribution in [0, 0.1) is 5.92 Å². The topological polar surface area (TPSA) is 66.5 Å². The van der Waals surface area contributed by atoms with Crippen LogP contribution >= 0.6 is 0 Å². The first kappa shape index (κ1) is 45.0. The van der Waals surface area contributed by atoms with Crippen LogP contribution in [0.1, 0.15) is 187 Å². The van der Waals surface area contributed by atoms with E-state index in [2.05, 4.69) is 62.5 Å². The lowest BCUT2D eigenvalue weighted by Gasteiger charge is -2.16. The van der Waals surface area contributed by atoms with Gasteiger partial charge in [-0.25, -0.2) is 0 Å². The Balaban J connectivity index is 0. The van der Waals surface area contributed by atoms with Gasteiger partial charge in [-0.2, -0.15) is 0 Å². The molecule has 0 aliphatic carbocycles. The molecule has 44 heavy (non-hydrogen) atoms. The van der Waals surface area contributed by atoms with Crippen molar-refractivity contribution in [3.63, 3.8) is 0 Å². The maximum absolute atomic E-state index is 7.62. The number of rotatable bonds is 33. The molecule has 0 unspecified atom stereocenters. The monoisotopic (exact) mass is 618 g/mol. The molecule has 260 valence electrons. The third kappa shape index (κ3) is 43.0. The van der Waals surface area contributed by atoms with Gasteiger partial charge < -0.3 is 15.9 Å². The number of nitrogens with two attached hydrogens (primary N) is 1. The van der Waals surface area contributed by atoms with Gasteiger partial charge in [0.15, 0.2) is 0 Å². The normalized spacial score (nSPS) is 12.0. The summed E-state index contributed by atoms with van der Waals surface area (Å²) in [5.41, 5.74) is 5.93. The van der Waals surface area contributed by atoms with Crippen molar-refractivity contribution in [3.8, 4) is 0 Å². The molecule has 0 saturated carbocycles. The van der Waals surface area contributed by atoms with Gasteiger partial charge in [0.25, 0.3) is 0 Å². The Hall–Kier alpha value is -1.16. The summed E-state index contributed by atoms with van der Waals surface area (Å²) in [7, 11) is 0. The number of unbranched alkanes of at least 4 members (excludes halogenated alkanes) is 18. The summed E-state index contributed by atoms with van der Waals surface area (Å²) in [4.78, 5) is 0. The molecule has 0 radical (unpaired) electrons. The first-order valence-electron chi connectivity index (χ1n) is 19.3. The lowest BCUT2D eigenvalue weighted by Crippen LogP contribution is -2.09. The minimum absolute atomic E-state index is 0.125. The lowest BCUT2D eigenvalue weighted by molar-refractivity contribution is 0.186. The number of allylic oxidation sites excluding steroid dienone is 8. The van der Waals surface area contributed by atoms with Crippen molar-refractivity contribution in [2.45, 2.75) is 187 Å². The van der Waals surface area contributed by atoms with Crippen molar-refractivity contribution >= 4 is 0 Å². The SMILES string of the molecule is CCCCC/C=C\C/C=C\CCCCCCCCC(CCN)CCCCCCCC/C=C\C/C=C\CCCCC.OCCO. The summed E-state index contributed by atoms with van der Waals surface area (Å²) in [6, 6.07) is 0. The average molecular weight is 618 g/mol. The van der Waals surface area contributed by atoms with E-state index in [0.717, 1.165) is 25.3 Å². The largest absolute Gasteiger partial charge is 0.394 e. The fraction of sp³-hybridized carbons (Fsp3) is 0.805. The van der Waals surface area contributed by atoms with E-state index in [9.17, 15) is 0 Å². The van der Waals surface area contributed by atoms with Crippen LogP contribution in [-0.2, 0) is 0 Å². The van der Waals surface area contributed by atoms with Crippen LogP contribution in [0.3, 0.4) is 0 Å². The van der Waals surface area contributed by atoms with Crippen LogP contribution in [-0.4, -0.2) is 30.0 Å². The quantitative estimate of drug-likeness (QED) is 0.0507. The highest BCUT2D eigenvalue weighted by Crippen LogP contribution is 2.22. The average Bonchev–Trinajstić information content (AvgIpc) is 3.04. The maximum Gasteiger partial charge on any atom is 0.0662 e. The second-order valence-electron chi connectivity index (χ2n) is 12.6. The molecule has 0 bridgehead atoms. The summed E-state index contributed by atoms with van der Waals surface area (Å²) in [5.74, 6) is 0.877. The highest BCUT2D eigenvalue weighted by molar-refractivity contribution is 4.93. The van der Waals surface area contributed by atoms with E-state index in [1.165, 1.54) is 161 Å². The fourth-order valence-corrected chi connectivity index (χ4v) is 5.51. The predicted molar refractivity (Wildman–Crippen MR) is 199 cm³/mol. The first-order valence-corrected chi connectivity index (χ1v) is 19.3. The molecule has 0 aliphatic heterocycles. The molecule has 0 atom stereocenters. The van der Waals surface area contributed by atoms with Crippen LogP contribution in [0.25, 0.3) is 0 Å². The van der Waals surface area contributed by atoms with Gasteiger partial charge in [0, 0.05) is 0 Å². The molecule has 4 N–H and O–H groups in total. The summed E-state index contributed by atoms with van der Waals surface area (Å²) in [5, 5.41) is 15.2. The molecule has 0 amide bonds. The Morgan fingerprint density at radius 2 is 0.727 bits per heavy atom. The standard InChI is InChI=1S/C39H73N.C2H6O2/c1-3-5-7-9-11-13-15-17-19-21-23-25-27-29-31-33-35-39(37-38-40)36-34-32-30-28-26-24-22-20-18-16-14-12-10-8-6-4-2;3-1-2-4/h11-14,17-20,39H,3-10,15-16,21-38,40H2,1-2H3;3-4H,1-2H2/b13-11-,14-12-,19-17-,20-18-;. The third-order valence-electron chi connectivity index (χ3n) is 8.30.